The number of aromatic nitrogens is 1. The van der Waals surface area contributed by atoms with Crippen molar-refractivity contribution in [1.29, 1.82) is 0 Å². The first-order valence-electron chi connectivity index (χ1n) is 11.5. The summed E-state index contributed by atoms with van der Waals surface area (Å²) in [6.45, 7) is 0.882. The molecule has 0 bridgehead atoms. The van der Waals surface area contributed by atoms with Gasteiger partial charge in [-0.05, 0) is 48.1 Å². The highest BCUT2D eigenvalue weighted by molar-refractivity contribution is 7.19. The van der Waals surface area contributed by atoms with Crippen LogP contribution in [0.15, 0.2) is 36.4 Å². The van der Waals surface area contributed by atoms with Crippen molar-refractivity contribution in [2.24, 2.45) is 11.8 Å². The van der Waals surface area contributed by atoms with E-state index in [0.717, 1.165) is 23.8 Å². The minimum absolute atomic E-state index is 0.0159. The van der Waals surface area contributed by atoms with Crippen LogP contribution >= 0.6 is 11.3 Å². The van der Waals surface area contributed by atoms with E-state index in [-0.39, 0.29) is 54.2 Å². The Balaban J connectivity index is 1.22. The van der Waals surface area contributed by atoms with Gasteiger partial charge in [-0.2, -0.15) is 0 Å². The number of likely N-dealkylation sites (tertiary alicyclic amines) is 1. The lowest BCUT2D eigenvalue weighted by atomic mass is 10.1. The molecule has 0 radical (unpaired) electrons. The number of nitrogens with two attached hydrogens (primary N) is 1. The molecule has 1 aliphatic carbocycles. The summed E-state index contributed by atoms with van der Waals surface area (Å²) < 4.78 is 38.6. The third kappa shape index (κ3) is 4.07. The number of nitrogen functional groups attached to an aromatic ring is 1. The molecule has 3 aromatic rings. The van der Waals surface area contributed by atoms with Crippen LogP contribution in [-0.4, -0.2) is 47.6 Å². The molecule has 3 N–H and O–H groups in total. The van der Waals surface area contributed by atoms with E-state index in [0.29, 0.717) is 34.2 Å². The number of halogens is 2. The summed E-state index contributed by atoms with van der Waals surface area (Å²) in [5, 5.41) is 3.07. The molecule has 1 saturated heterocycles. The zero-order valence-electron chi connectivity index (χ0n) is 19.0. The maximum absolute atomic E-state index is 14.1. The number of amides is 2. The van der Waals surface area contributed by atoms with Crippen molar-refractivity contribution in [3.8, 4) is 16.2 Å². The van der Waals surface area contributed by atoms with Crippen LogP contribution in [-0.2, 0) is 11.3 Å². The number of ether oxygens (including phenoxy) is 2. The minimum atomic E-state index is -0.557. The lowest BCUT2D eigenvalue weighted by Crippen LogP contribution is -2.46. The molecular formula is C25H22F2N4O4S. The van der Waals surface area contributed by atoms with Crippen molar-refractivity contribution in [3.05, 3.63) is 64.9 Å². The third-order valence-electron chi connectivity index (χ3n) is 6.89. The number of nitrogens with one attached hydrogen (secondary N) is 1. The second kappa shape index (κ2) is 8.82. The van der Waals surface area contributed by atoms with Crippen molar-refractivity contribution in [2.75, 3.05) is 25.6 Å². The monoisotopic (exact) mass is 512 g/mol. The molecule has 8 nitrogen and oxygen atoms in total. The fourth-order valence-electron chi connectivity index (χ4n) is 5.15. The molecule has 3 atom stereocenters. The average Bonchev–Trinajstić information content (AvgIpc) is 3.38. The number of carbonyl (C=O) groups is 2. The largest absolute Gasteiger partial charge is 0.466 e. The fourth-order valence-corrected chi connectivity index (χ4v) is 5.97. The van der Waals surface area contributed by atoms with Gasteiger partial charge >= 0.3 is 0 Å². The summed E-state index contributed by atoms with van der Waals surface area (Å²) in [6.07, 6.45) is 0.968. The van der Waals surface area contributed by atoms with E-state index in [9.17, 15) is 18.4 Å². The molecule has 2 fully saturated rings. The molecule has 3 aliphatic rings. The number of fused-ring (bicyclic) bond motifs is 2. The number of carbonyl (C=O) groups excluding carboxylic acids is 2. The Morgan fingerprint density at radius 2 is 2.08 bits per heavy atom. The van der Waals surface area contributed by atoms with Gasteiger partial charge in [-0.3, -0.25) is 9.59 Å². The van der Waals surface area contributed by atoms with Crippen molar-refractivity contribution >= 4 is 28.3 Å². The van der Waals surface area contributed by atoms with Crippen LogP contribution in [0, 0.1) is 23.5 Å². The van der Waals surface area contributed by atoms with Gasteiger partial charge in [0, 0.05) is 18.7 Å². The molecule has 1 saturated carbocycles. The van der Waals surface area contributed by atoms with Gasteiger partial charge in [-0.1, -0.05) is 23.5 Å². The number of benzene rings is 2. The maximum atomic E-state index is 14.1. The summed E-state index contributed by atoms with van der Waals surface area (Å²) >= 11 is 1.13. The Morgan fingerprint density at radius 3 is 2.92 bits per heavy atom. The van der Waals surface area contributed by atoms with E-state index in [2.05, 4.69) is 10.3 Å². The maximum Gasteiger partial charge on any atom is 0.274 e. The van der Waals surface area contributed by atoms with Crippen molar-refractivity contribution in [2.45, 2.75) is 19.1 Å². The van der Waals surface area contributed by atoms with E-state index in [1.807, 2.05) is 0 Å². The van der Waals surface area contributed by atoms with E-state index in [1.54, 1.807) is 17.0 Å². The van der Waals surface area contributed by atoms with Crippen LogP contribution in [0.2, 0.25) is 0 Å². The van der Waals surface area contributed by atoms with E-state index < -0.39 is 17.5 Å². The molecule has 6 rings (SSSR count). The zero-order valence-corrected chi connectivity index (χ0v) is 19.8. The SMILES string of the molecule is Nc1nc(C(=O)N2C[C@@H]3C[C@@H]3[C@H]2CNC(=O)c2cc(F)cc3c2OCOC3)c(-c2cccc(F)c2)s1. The first-order chi connectivity index (χ1) is 17.4. The van der Waals surface area contributed by atoms with Crippen molar-refractivity contribution in [1.82, 2.24) is 15.2 Å². The van der Waals surface area contributed by atoms with Crippen LogP contribution in [0.1, 0.15) is 32.8 Å². The van der Waals surface area contributed by atoms with Gasteiger partial charge in [0.2, 0.25) is 0 Å². The topological polar surface area (TPSA) is 107 Å². The third-order valence-corrected chi connectivity index (χ3v) is 7.82. The Bertz CT molecular complexity index is 1380. The standard InChI is InChI=1S/C25H22F2N4O4S/c26-15-3-1-2-12(4-15)22-20(30-25(28)36-22)24(33)31-9-13-6-17(13)19(31)8-29-23(32)18-7-16(27)5-14-10-34-11-35-21(14)18/h1-5,7,13,17,19H,6,8-11H2,(H2,28,30)(H,29,32)/t13-,17-,19+/m0/s1. The van der Waals surface area contributed by atoms with Crippen LogP contribution in [0.5, 0.6) is 5.75 Å². The predicted molar refractivity (Wildman–Crippen MR) is 127 cm³/mol. The Hall–Kier alpha value is -3.57. The molecule has 11 heteroatoms. The van der Waals surface area contributed by atoms with Gasteiger partial charge in [0.05, 0.1) is 23.1 Å². The average molecular weight is 513 g/mol. The highest BCUT2D eigenvalue weighted by Gasteiger charge is 2.54. The Morgan fingerprint density at radius 1 is 1.22 bits per heavy atom. The van der Waals surface area contributed by atoms with Crippen LogP contribution in [0.3, 0.4) is 0 Å². The quantitative estimate of drug-likeness (QED) is 0.543. The summed E-state index contributed by atoms with van der Waals surface area (Å²) in [6, 6.07) is 8.13. The van der Waals surface area contributed by atoms with E-state index in [4.69, 9.17) is 15.2 Å². The van der Waals surface area contributed by atoms with Crippen LogP contribution in [0.25, 0.3) is 10.4 Å². The lowest BCUT2D eigenvalue weighted by molar-refractivity contribution is -0.0170. The second-order valence-corrected chi connectivity index (χ2v) is 10.2. The minimum Gasteiger partial charge on any atom is -0.466 e. The predicted octanol–water partition coefficient (Wildman–Crippen LogP) is 3.43. The lowest BCUT2D eigenvalue weighted by Gasteiger charge is -2.28. The van der Waals surface area contributed by atoms with E-state index >= 15 is 0 Å². The highest BCUT2D eigenvalue weighted by Crippen LogP contribution is 2.50. The number of nitrogens with zero attached hydrogens (tertiary/aromatic N) is 2. The number of rotatable bonds is 5. The van der Waals surface area contributed by atoms with Gasteiger partial charge in [-0.25, -0.2) is 13.8 Å². The molecule has 0 unspecified atom stereocenters. The summed E-state index contributed by atoms with van der Waals surface area (Å²) in [4.78, 5) is 33.1. The Kier molecular flexibility index (Phi) is 5.60. The summed E-state index contributed by atoms with van der Waals surface area (Å²) in [5.41, 5.74) is 7.20. The number of anilines is 1. The zero-order chi connectivity index (χ0) is 25.0. The molecule has 36 heavy (non-hydrogen) atoms. The number of thiazole rings is 1. The highest BCUT2D eigenvalue weighted by atomic mass is 32.1. The number of piperidine rings is 1. The molecule has 0 spiro atoms. The molecule has 2 aromatic carbocycles. The first kappa shape index (κ1) is 22.9. The molecule has 186 valence electrons. The smallest absolute Gasteiger partial charge is 0.274 e. The van der Waals surface area contributed by atoms with Crippen LogP contribution < -0.4 is 15.8 Å². The summed E-state index contributed by atoms with van der Waals surface area (Å²) in [5.74, 6) is -0.850. The molecule has 2 aliphatic heterocycles. The van der Waals surface area contributed by atoms with Gasteiger partial charge in [-0.15, -0.1) is 0 Å². The fraction of sp³-hybridized carbons (Fsp3) is 0.320. The number of hydrogen-bond acceptors (Lipinski definition) is 7. The molecule has 2 amide bonds. The first-order valence-corrected chi connectivity index (χ1v) is 12.3. The van der Waals surface area contributed by atoms with E-state index in [1.165, 1.54) is 18.2 Å². The van der Waals surface area contributed by atoms with Gasteiger partial charge < -0.3 is 25.4 Å². The van der Waals surface area contributed by atoms with Crippen molar-refractivity contribution < 1.29 is 27.8 Å². The molecule has 3 heterocycles. The second-order valence-electron chi connectivity index (χ2n) is 9.19. The number of hydrogen-bond donors (Lipinski definition) is 2. The van der Waals surface area contributed by atoms with Gasteiger partial charge in [0.1, 0.15) is 23.1 Å². The Labute approximate surface area is 209 Å². The normalized spacial score (nSPS) is 21.9. The molecular weight excluding hydrogens is 490 g/mol. The van der Waals surface area contributed by atoms with Crippen LogP contribution in [0.4, 0.5) is 13.9 Å². The summed E-state index contributed by atoms with van der Waals surface area (Å²) in [7, 11) is 0. The van der Waals surface area contributed by atoms with Gasteiger partial charge in [0.15, 0.2) is 11.9 Å². The van der Waals surface area contributed by atoms with Gasteiger partial charge in [0.25, 0.3) is 11.8 Å². The molecule has 1 aromatic heterocycles. The van der Waals surface area contributed by atoms with Crippen molar-refractivity contribution in [3.63, 3.8) is 0 Å².